The third-order valence-corrected chi connectivity index (χ3v) is 7.49. The van der Waals surface area contributed by atoms with E-state index in [1.807, 2.05) is 12.1 Å². The highest BCUT2D eigenvalue weighted by Crippen LogP contribution is 2.50. The molecule has 0 aromatic heterocycles. The molecule has 2 fully saturated rings. The van der Waals surface area contributed by atoms with Gasteiger partial charge in [-0.2, -0.15) is 0 Å². The van der Waals surface area contributed by atoms with E-state index >= 15 is 0 Å². The molecule has 0 aliphatic carbocycles. The molecule has 1 N–H and O–H groups in total. The van der Waals surface area contributed by atoms with Crippen LogP contribution >= 0.6 is 23.5 Å². The van der Waals surface area contributed by atoms with Gasteiger partial charge in [-0.05, 0) is 54.9 Å². The van der Waals surface area contributed by atoms with Crippen molar-refractivity contribution >= 4 is 23.5 Å². The Bertz CT molecular complexity index is 482. The molecule has 1 aromatic rings. The molecule has 116 valence electrons. The number of thioether (sulfide) groups is 2. The molecule has 1 atom stereocenters. The molecule has 3 rings (SSSR count). The number of epoxide rings is 1. The molecule has 0 saturated carbocycles. The van der Waals surface area contributed by atoms with Crippen molar-refractivity contribution in [3.05, 3.63) is 23.8 Å². The van der Waals surface area contributed by atoms with Gasteiger partial charge in [-0.25, -0.2) is 0 Å². The van der Waals surface area contributed by atoms with E-state index in [1.54, 1.807) is 13.2 Å². The number of benzene rings is 1. The second-order valence-corrected chi connectivity index (χ2v) is 8.84. The molecular weight excluding hydrogens is 304 g/mol. The van der Waals surface area contributed by atoms with Crippen LogP contribution in [0.3, 0.4) is 0 Å². The Morgan fingerprint density at radius 1 is 1.38 bits per heavy atom. The summed E-state index contributed by atoms with van der Waals surface area (Å²) in [5, 5.41) is 9.68. The minimum atomic E-state index is 0.212. The number of hydrogen-bond acceptors (Lipinski definition) is 5. The number of phenolic OH excluding ortho intramolecular Hbond substituents is 1. The van der Waals surface area contributed by atoms with Crippen LogP contribution in [-0.2, 0) is 11.2 Å². The lowest BCUT2D eigenvalue weighted by molar-refractivity contribution is 0.372. The molecule has 2 aliphatic rings. The van der Waals surface area contributed by atoms with Crippen LogP contribution < -0.4 is 4.74 Å². The zero-order valence-corrected chi connectivity index (χ0v) is 14.0. The fraction of sp³-hybridized carbons (Fsp3) is 0.625. The highest BCUT2D eigenvalue weighted by molar-refractivity contribution is 8.18. The van der Waals surface area contributed by atoms with Crippen molar-refractivity contribution in [3.63, 3.8) is 0 Å². The van der Waals surface area contributed by atoms with E-state index in [9.17, 15) is 5.11 Å². The summed E-state index contributed by atoms with van der Waals surface area (Å²) in [4.78, 5) is 0. The van der Waals surface area contributed by atoms with Crippen LogP contribution in [0.4, 0.5) is 0 Å². The van der Waals surface area contributed by atoms with Crippen LogP contribution in [-0.4, -0.2) is 40.5 Å². The zero-order valence-electron chi connectivity index (χ0n) is 12.3. The number of methoxy groups -OCH3 is 1. The summed E-state index contributed by atoms with van der Waals surface area (Å²) in [5.74, 6) is 3.30. The first-order chi connectivity index (χ1) is 10.2. The maximum Gasteiger partial charge on any atom is 0.160 e. The molecule has 0 amide bonds. The molecular formula is C16H22O3S2. The van der Waals surface area contributed by atoms with Gasteiger partial charge in [0.2, 0.25) is 0 Å². The quantitative estimate of drug-likeness (QED) is 0.808. The SMILES string of the molecule is COc1cc(CCC2(CC3CO3)SCCCS2)ccc1O. The van der Waals surface area contributed by atoms with E-state index < -0.39 is 0 Å². The fourth-order valence-corrected chi connectivity index (χ4v) is 6.16. The second kappa shape index (κ2) is 6.71. The maximum absolute atomic E-state index is 9.68. The Balaban J connectivity index is 1.65. The fourth-order valence-electron chi connectivity index (χ4n) is 2.73. The van der Waals surface area contributed by atoms with E-state index in [0.717, 1.165) is 25.9 Å². The van der Waals surface area contributed by atoms with Crippen molar-refractivity contribution in [2.45, 2.75) is 35.9 Å². The van der Waals surface area contributed by atoms with Crippen molar-refractivity contribution in [1.29, 1.82) is 0 Å². The number of aromatic hydroxyl groups is 1. The first-order valence-corrected chi connectivity index (χ1v) is 9.43. The van der Waals surface area contributed by atoms with Gasteiger partial charge in [0, 0.05) is 0 Å². The largest absolute Gasteiger partial charge is 0.504 e. The minimum Gasteiger partial charge on any atom is -0.504 e. The van der Waals surface area contributed by atoms with Crippen molar-refractivity contribution in [3.8, 4) is 11.5 Å². The van der Waals surface area contributed by atoms with Crippen molar-refractivity contribution in [2.75, 3.05) is 25.2 Å². The zero-order chi connectivity index (χ0) is 14.7. The number of rotatable bonds is 6. The number of phenols is 1. The molecule has 1 unspecified atom stereocenters. The van der Waals surface area contributed by atoms with Gasteiger partial charge < -0.3 is 14.6 Å². The van der Waals surface area contributed by atoms with Gasteiger partial charge in [0.25, 0.3) is 0 Å². The molecule has 0 bridgehead atoms. The molecule has 2 saturated heterocycles. The van der Waals surface area contributed by atoms with Gasteiger partial charge in [0.05, 0.1) is 23.9 Å². The summed E-state index contributed by atoms with van der Waals surface area (Å²) >= 11 is 4.23. The van der Waals surface area contributed by atoms with Crippen LogP contribution in [0.15, 0.2) is 18.2 Å². The van der Waals surface area contributed by atoms with Gasteiger partial charge in [0.1, 0.15) is 0 Å². The van der Waals surface area contributed by atoms with E-state index in [0.29, 0.717) is 15.9 Å². The average molecular weight is 326 g/mol. The summed E-state index contributed by atoms with van der Waals surface area (Å²) in [6.45, 7) is 0.940. The minimum absolute atomic E-state index is 0.212. The smallest absolute Gasteiger partial charge is 0.160 e. The van der Waals surface area contributed by atoms with E-state index in [4.69, 9.17) is 9.47 Å². The van der Waals surface area contributed by atoms with E-state index in [1.165, 1.54) is 23.5 Å². The molecule has 1 aromatic carbocycles. The van der Waals surface area contributed by atoms with Crippen molar-refractivity contribution in [2.24, 2.45) is 0 Å². The molecule has 0 spiro atoms. The maximum atomic E-state index is 9.68. The van der Waals surface area contributed by atoms with Gasteiger partial charge in [-0.3, -0.25) is 0 Å². The van der Waals surface area contributed by atoms with Gasteiger partial charge >= 0.3 is 0 Å². The van der Waals surface area contributed by atoms with E-state index in [2.05, 4.69) is 23.5 Å². The summed E-state index contributed by atoms with van der Waals surface area (Å²) in [6.07, 6.45) is 5.13. The second-order valence-electron chi connectivity index (χ2n) is 5.63. The summed E-state index contributed by atoms with van der Waals surface area (Å²) in [5.41, 5.74) is 1.23. The average Bonchev–Trinajstić information content (AvgIpc) is 3.31. The Morgan fingerprint density at radius 3 is 2.81 bits per heavy atom. The lowest BCUT2D eigenvalue weighted by Gasteiger charge is -2.36. The third-order valence-electron chi connectivity index (χ3n) is 4.00. The van der Waals surface area contributed by atoms with Gasteiger partial charge in [-0.15, -0.1) is 23.5 Å². The van der Waals surface area contributed by atoms with Gasteiger partial charge in [-0.1, -0.05) is 6.07 Å². The topological polar surface area (TPSA) is 42.0 Å². The molecule has 21 heavy (non-hydrogen) atoms. The lowest BCUT2D eigenvalue weighted by atomic mass is 10.0. The first kappa shape index (κ1) is 15.4. The molecule has 3 nitrogen and oxygen atoms in total. The van der Waals surface area contributed by atoms with Gasteiger partial charge in [0.15, 0.2) is 11.5 Å². The summed E-state index contributed by atoms with van der Waals surface area (Å²) in [6, 6.07) is 5.68. The summed E-state index contributed by atoms with van der Waals surface area (Å²) in [7, 11) is 1.59. The highest BCUT2D eigenvalue weighted by Gasteiger charge is 2.39. The van der Waals surface area contributed by atoms with Crippen LogP contribution in [0.2, 0.25) is 0 Å². The Hall–Kier alpha value is -0.520. The van der Waals surface area contributed by atoms with Crippen LogP contribution in [0.1, 0.15) is 24.8 Å². The molecule has 0 radical (unpaired) electrons. The van der Waals surface area contributed by atoms with Crippen molar-refractivity contribution in [1.82, 2.24) is 0 Å². The normalized spacial score (nSPS) is 23.8. The first-order valence-electron chi connectivity index (χ1n) is 7.46. The third kappa shape index (κ3) is 4.02. The highest BCUT2D eigenvalue weighted by atomic mass is 32.2. The van der Waals surface area contributed by atoms with Crippen LogP contribution in [0.5, 0.6) is 11.5 Å². The molecule has 2 aliphatic heterocycles. The number of hydrogen-bond donors (Lipinski definition) is 1. The van der Waals surface area contributed by atoms with Crippen LogP contribution in [0, 0.1) is 0 Å². The number of ether oxygens (including phenoxy) is 2. The van der Waals surface area contributed by atoms with Crippen molar-refractivity contribution < 1.29 is 14.6 Å². The van der Waals surface area contributed by atoms with E-state index in [-0.39, 0.29) is 5.75 Å². The Labute approximate surface area is 134 Å². The Kier molecular flexibility index (Phi) is 4.92. The predicted octanol–water partition coefficient (Wildman–Crippen LogP) is 3.69. The molecule has 2 heterocycles. The van der Waals surface area contributed by atoms with Crippen LogP contribution in [0.25, 0.3) is 0 Å². The lowest BCUT2D eigenvalue weighted by Crippen LogP contribution is -2.28. The number of aryl methyl sites for hydroxylation is 1. The Morgan fingerprint density at radius 2 is 2.14 bits per heavy atom. The summed E-state index contributed by atoms with van der Waals surface area (Å²) < 4.78 is 11.0. The predicted molar refractivity (Wildman–Crippen MR) is 89.6 cm³/mol. The molecule has 5 heteroatoms. The monoisotopic (exact) mass is 326 g/mol. The standard InChI is InChI=1S/C16H22O3S2/c1-18-15-9-12(3-4-14(15)17)5-6-16(10-13-11-19-13)20-7-2-8-21-16/h3-4,9,13,17H,2,5-8,10-11H2,1H3.